The van der Waals surface area contributed by atoms with Gasteiger partial charge in [0, 0.05) is 25.0 Å². The summed E-state index contributed by atoms with van der Waals surface area (Å²) < 4.78 is 5.76. The number of aryl methyl sites for hydroxylation is 1. The highest BCUT2D eigenvalue weighted by Gasteiger charge is 2.31. The smallest absolute Gasteiger partial charge is 0.0894 e. The van der Waals surface area contributed by atoms with Crippen LogP contribution in [0, 0.1) is 6.92 Å². The van der Waals surface area contributed by atoms with Gasteiger partial charge in [0.25, 0.3) is 0 Å². The van der Waals surface area contributed by atoms with Gasteiger partial charge in [-0.25, -0.2) is 0 Å². The number of morpholine rings is 1. The number of hydrogen-bond donors (Lipinski definition) is 1. The molecule has 2 rings (SSSR count). The highest BCUT2D eigenvalue weighted by molar-refractivity contribution is 5.19. The standard InChI is InChI=1S/C13H21N3O/c1-3-16-6-7-17-12(8-14)13(16)11-5-4-10(2)15-9-11/h4-5,9,12-13H,3,6-8,14H2,1-2H3. The van der Waals surface area contributed by atoms with Crippen molar-refractivity contribution in [2.75, 3.05) is 26.2 Å². The molecule has 4 nitrogen and oxygen atoms in total. The summed E-state index contributed by atoms with van der Waals surface area (Å²) in [7, 11) is 0. The van der Waals surface area contributed by atoms with Gasteiger partial charge in [-0.15, -0.1) is 0 Å². The maximum absolute atomic E-state index is 5.81. The molecule has 2 unspecified atom stereocenters. The molecular formula is C13H21N3O. The molecule has 1 fully saturated rings. The lowest BCUT2D eigenvalue weighted by atomic mass is 9.99. The summed E-state index contributed by atoms with van der Waals surface area (Å²) >= 11 is 0. The quantitative estimate of drug-likeness (QED) is 0.852. The van der Waals surface area contributed by atoms with E-state index in [0.717, 1.165) is 25.4 Å². The van der Waals surface area contributed by atoms with Crippen molar-refractivity contribution in [3.8, 4) is 0 Å². The van der Waals surface area contributed by atoms with Crippen molar-refractivity contribution in [2.45, 2.75) is 26.0 Å². The Labute approximate surface area is 103 Å². The van der Waals surface area contributed by atoms with Crippen molar-refractivity contribution in [1.82, 2.24) is 9.88 Å². The van der Waals surface area contributed by atoms with Crippen molar-refractivity contribution >= 4 is 0 Å². The SMILES string of the molecule is CCN1CCOC(CN)C1c1ccc(C)nc1. The summed E-state index contributed by atoms with van der Waals surface area (Å²) in [5.41, 5.74) is 8.05. The van der Waals surface area contributed by atoms with Crippen molar-refractivity contribution < 1.29 is 4.74 Å². The lowest BCUT2D eigenvalue weighted by Gasteiger charge is -2.40. The van der Waals surface area contributed by atoms with E-state index in [2.05, 4.69) is 22.9 Å². The van der Waals surface area contributed by atoms with Crippen molar-refractivity contribution in [3.63, 3.8) is 0 Å². The lowest BCUT2D eigenvalue weighted by Crippen LogP contribution is -2.48. The van der Waals surface area contributed by atoms with Crippen LogP contribution in [0.2, 0.25) is 0 Å². The first kappa shape index (κ1) is 12.5. The molecule has 0 amide bonds. The van der Waals surface area contributed by atoms with Crippen LogP contribution < -0.4 is 5.73 Å². The summed E-state index contributed by atoms with van der Waals surface area (Å²) in [6.07, 6.45) is 2.02. The van der Waals surface area contributed by atoms with E-state index in [1.54, 1.807) is 0 Å². The number of nitrogens with zero attached hydrogens (tertiary/aromatic N) is 2. The Kier molecular flexibility index (Phi) is 4.10. The largest absolute Gasteiger partial charge is 0.374 e. The summed E-state index contributed by atoms with van der Waals surface area (Å²) in [6, 6.07) is 4.42. The summed E-state index contributed by atoms with van der Waals surface area (Å²) in [4.78, 5) is 6.78. The molecule has 0 radical (unpaired) electrons. The molecule has 1 saturated heterocycles. The van der Waals surface area contributed by atoms with Crippen LogP contribution in [0.3, 0.4) is 0 Å². The summed E-state index contributed by atoms with van der Waals surface area (Å²) in [5, 5.41) is 0. The van der Waals surface area contributed by atoms with Crippen LogP contribution in [0.1, 0.15) is 24.2 Å². The Bertz CT molecular complexity index is 340. The predicted octanol–water partition coefficient (Wildman–Crippen LogP) is 1.11. The minimum atomic E-state index is 0.0770. The summed E-state index contributed by atoms with van der Waals surface area (Å²) in [6.45, 7) is 7.47. The Balaban J connectivity index is 2.26. The zero-order chi connectivity index (χ0) is 12.3. The predicted molar refractivity (Wildman–Crippen MR) is 67.8 cm³/mol. The molecule has 94 valence electrons. The Morgan fingerprint density at radius 2 is 2.35 bits per heavy atom. The van der Waals surface area contributed by atoms with Gasteiger partial charge in [-0.2, -0.15) is 0 Å². The van der Waals surface area contributed by atoms with Crippen LogP contribution in [0.4, 0.5) is 0 Å². The lowest BCUT2D eigenvalue weighted by molar-refractivity contribution is -0.0659. The number of rotatable bonds is 3. The molecule has 0 aliphatic carbocycles. The number of nitrogens with two attached hydrogens (primary N) is 1. The first-order chi connectivity index (χ1) is 8.26. The van der Waals surface area contributed by atoms with Gasteiger partial charge in [0.05, 0.1) is 18.8 Å². The molecule has 0 spiro atoms. The van der Waals surface area contributed by atoms with Gasteiger partial charge in [-0.05, 0) is 25.1 Å². The molecule has 4 heteroatoms. The highest BCUT2D eigenvalue weighted by atomic mass is 16.5. The van der Waals surface area contributed by atoms with E-state index < -0.39 is 0 Å². The van der Waals surface area contributed by atoms with Gasteiger partial charge in [0.2, 0.25) is 0 Å². The van der Waals surface area contributed by atoms with Crippen molar-refractivity contribution in [3.05, 3.63) is 29.6 Å². The maximum Gasteiger partial charge on any atom is 0.0894 e. The number of likely N-dealkylation sites (N-methyl/N-ethyl adjacent to an activating group) is 1. The highest BCUT2D eigenvalue weighted by Crippen LogP contribution is 2.28. The van der Waals surface area contributed by atoms with Crippen LogP contribution in [-0.2, 0) is 4.74 Å². The van der Waals surface area contributed by atoms with Crippen LogP contribution in [0.15, 0.2) is 18.3 Å². The van der Waals surface area contributed by atoms with Gasteiger partial charge >= 0.3 is 0 Å². The Morgan fingerprint density at radius 3 is 2.94 bits per heavy atom. The topological polar surface area (TPSA) is 51.4 Å². The molecule has 1 aromatic heterocycles. The third-order valence-corrected chi connectivity index (χ3v) is 3.37. The van der Waals surface area contributed by atoms with E-state index in [-0.39, 0.29) is 12.1 Å². The van der Waals surface area contributed by atoms with E-state index in [1.807, 2.05) is 19.2 Å². The van der Waals surface area contributed by atoms with Crippen LogP contribution >= 0.6 is 0 Å². The molecule has 2 N–H and O–H groups in total. The second kappa shape index (κ2) is 5.58. The van der Waals surface area contributed by atoms with Crippen LogP contribution in [0.25, 0.3) is 0 Å². The second-order valence-electron chi connectivity index (χ2n) is 4.45. The number of aromatic nitrogens is 1. The fraction of sp³-hybridized carbons (Fsp3) is 0.615. The average molecular weight is 235 g/mol. The normalized spacial score (nSPS) is 26.1. The third-order valence-electron chi connectivity index (χ3n) is 3.37. The zero-order valence-electron chi connectivity index (χ0n) is 10.6. The van der Waals surface area contributed by atoms with Gasteiger partial charge < -0.3 is 10.5 Å². The second-order valence-corrected chi connectivity index (χ2v) is 4.45. The van der Waals surface area contributed by atoms with Crippen molar-refractivity contribution in [1.29, 1.82) is 0 Å². The van der Waals surface area contributed by atoms with E-state index in [9.17, 15) is 0 Å². The monoisotopic (exact) mass is 235 g/mol. The molecule has 2 atom stereocenters. The first-order valence-electron chi connectivity index (χ1n) is 6.24. The summed E-state index contributed by atoms with van der Waals surface area (Å²) in [5.74, 6) is 0. The molecule has 0 bridgehead atoms. The Hall–Kier alpha value is -0.970. The van der Waals surface area contributed by atoms with Gasteiger partial charge in [0.15, 0.2) is 0 Å². The molecule has 2 heterocycles. The molecule has 1 aliphatic heterocycles. The molecule has 17 heavy (non-hydrogen) atoms. The first-order valence-corrected chi connectivity index (χ1v) is 6.24. The maximum atomic E-state index is 5.81. The number of pyridine rings is 1. The number of hydrogen-bond acceptors (Lipinski definition) is 4. The van der Waals surface area contributed by atoms with Crippen molar-refractivity contribution in [2.24, 2.45) is 5.73 Å². The molecule has 0 saturated carbocycles. The fourth-order valence-corrected chi connectivity index (χ4v) is 2.42. The van der Waals surface area contributed by atoms with Gasteiger partial charge in [-0.3, -0.25) is 9.88 Å². The van der Waals surface area contributed by atoms with E-state index in [1.165, 1.54) is 5.56 Å². The molecular weight excluding hydrogens is 214 g/mol. The third kappa shape index (κ3) is 2.65. The van der Waals surface area contributed by atoms with E-state index in [4.69, 9.17) is 10.5 Å². The molecule has 0 aromatic carbocycles. The van der Waals surface area contributed by atoms with Crippen LogP contribution in [0.5, 0.6) is 0 Å². The minimum absolute atomic E-state index is 0.0770. The molecule has 1 aromatic rings. The average Bonchev–Trinajstić information content (AvgIpc) is 2.38. The van der Waals surface area contributed by atoms with Gasteiger partial charge in [-0.1, -0.05) is 13.0 Å². The minimum Gasteiger partial charge on any atom is -0.374 e. The zero-order valence-corrected chi connectivity index (χ0v) is 10.6. The van der Waals surface area contributed by atoms with Gasteiger partial charge in [0.1, 0.15) is 0 Å². The number of ether oxygens (including phenoxy) is 1. The molecule has 1 aliphatic rings. The fourth-order valence-electron chi connectivity index (χ4n) is 2.42. The van der Waals surface area contributed by atoms with E-state index >= 15 is 0 Å². The Morgan fingerprint density at radius 1 is 1.53 bits per heavy atom. The van der Waals surface area contributed by atoms with E-state index in [0.29, 0.717) is 6.54 Å². The van der Waals surface area contributed by atoms with Crippen LogP contribution in [-0.4, -0.2) is 42.2 Å².